The van der Waals surface area contributed by atoms with Crippen molar-refractivity contribution >= 4 is 11.4 Å². The minimum atomic E-state index is -4.69. The highest BCUT2D eigenvalue weighted by Crippen LogP contribution is 2.25. The normalized spacial score (nSPS) is 18.4. The number of nitrogens with zero attached hydrogens (tertiary/aromatic N) is 1. The molecule has 0 bridgehead atoms. The number of rotatable bonds is 4. The van der Waals surface area contributed by atoms with Crippen molar-refractivity contribution in [3.8, 4) is 5.75 Å². The number of nitrogens with one attached hydrogen (secondary N) is 1. The molecule has 0 heterocycles. The summed E-state index contributed by atoms with van der Waals surface area (Å²) in [6, 6.07) is 5.62. The molecule has 0 atom stereocenters. The van der Waals surface area contributed by atoms with Crippen molar-refractivity contribution in [3.05, 3.63) is 59.3 Å². The second-order valence-corrected chi connectivity index (χ2v) is 5.32. The van der Waals surface area contributed by atoms with Crippen LogP contribution in [-0.4, -0.2) is 18.6 Å². The minimum absolute atomic E-state index is 0.247. The maximum absolute atomic E-state index is 12.2. The van der Waals surface area contributed by atoms with E-state index in [1.54, 1.807) is 0 Å². The maximum atomic E-state index is 12.2. The molecular weight excluding hydrogens is 317 g/mol. The van der Waals surface area contributed by atoms with Gasteiger partial charge in [-0.3, -0.25) is 4.99 Å². The van der Waals surface area contributed by atoms with Crippen LogP contribution in [0.15, 0.2) is 64.3 Å². The second-order valence-electron chi connectivity index (χ2n) is 5.32. The molecule has 0 unspecified atom stereocenters. The van der Waals surface area contributed by atoms with Gasteiger partial charge in [0, 0.05) is 23.5 Å². The Hall–Kier alpha value is -2.50. The molecule has 24 heavy (non-hydrogen) atoms. The van der Waals surface area contributed by atoms with Crippen LogP contribution < -0.4 is 10.1 Å². The van der Waals surface area contributed by atoms with Crippen molar-refractivity contribution in [1.82, 2.24) is 0 Å². The molecule has 0 amide bonds. The van der Waals surface area contributed by atoms with Crippen LogP contribution in [0.4, 0.5) is 18.9 Å². The number of halogens is 3. The number of alkyl halides is 3. The number of hydrogen-bond donors (Lipinski definition) is 1. The highest BCUT2D eigenvalue weighted by Gasteiger charge is 2.30. The van der Waals surface area contributed by atoms with Crippen LogP contribution in [-0.2, 0) is 0 Å². The molecule has 0 radical (unpaired) electrons. The van der Waals surface area contributed by atoms with Crippen molar-refractivity contribution in [2.75, 3.05) is 11.9 Å². The third-order valence-electron chi connectivity index (χ3n) is 3.31. The third-order valence-corrected chi connectivity index (χ3v) is 3.31. The van der Waals surface area contributed by atoms with E-state index < -0.39 is 6.36 Å². The van der Waals surface area contributed by atoms with E-state index in [4.69, 9.17) is 0 Å². The Balaban J connectivity index is 2.18. The SMILES string of the molecule is CC/N=C1/C=C(C)C=C/C1=C(/C)Nc1ccc(OC(F)(F)F)cc1. The lowest BCUT2D eigenvalue weighted by Gasteiger charge is -2.16. The summed E-state index contributed by atoms with van der Waals surface area (Å²) in [6.45, 7) is 6.54. The van der Waals surface area contributed by atoms with Crippen LogP contribution >= 0.6 is 0 Å². The highest BCUT2D eigenvalue weighted by atomic mass is 19.4. The number of allylic oxidation sites excluding steroid dienone is 6. The van der Waals surface area contributed by atoms with Gasteiger partial charge in [-0.15, -0.1) is 13.2 Å². The van der Waals surface area contributed by atoms with Crippen LogP contribution in [0.25, 0.3) is 0 Å². The van der Waals surface area contributed by atoms with E-state index in [0.717, 1.165) is 22.6 Å². The summed E-state index contributed by atoms with van der Waals surface area (Å²) in [6.07, 6.45) is 1.29. The first kappa shape index (κ1) is 17.8. The Morgan fingerprint density at radius 2 is 1.83 bits per heavy atom. The molecule has 1 aromatic rings. The largest absolute Gasteiger partial charge is 0.573 e. The number of ether oxygens (including phenoxy) is 1. The van der Waals surface area contributed by atoms with Gasteiger partial charge in [0.25, 0.3) is 0 Å². The van der Waals surface area contributed by atoms with Gasteiger partial charge in [0.2, 0.25) is 0 Å². The molecule has 0 fully saturated rings. The number of hydrogen-bond acceptors (Lipinski definition) is 3. The van der Waals surface area contributed by atoms with E-state index in [0.29, 0.717) is 12.2 Å². The van der Waals surface area contributed by atoms with Crippen LogP contribution in [0.1, 0.15) is 20.8 Å². The fraction of sp³-hybridized carbons (Fsp3) is 0.278. The van der Waals surface area contributed by atoms with Gasteiger partial charge in [0.1, 0.15) is 5.75 Å². The predicted molar refractivity (Wildman–Crippen MR) is 90.3 cm³/mol. The third kappa shape index (κ3) is 5.01. The number of anilines is 1. The Labute approximate surface area is 139 Å². The molecule has 1 aromatic carbocycles. The summed E-state index contributed by atoms with van der Waals surface area (Å²) >= 11 is 0. The fourth-order valence-corrected chi connectivity index (χ4v) is 2.28. The van der Waals surface area contributed by atoms with Gasteiger partial charge in [-0.2, -0.15) is 0 Å². The lowest BCUT2D eigenvalue weighted by molar-refractivity contribution is -0.274. The van der Waals surface area contributed by atoms with Gasteiger partial charge in [0.15, 0.2) is 0 Å². The average Bonchev–Trinajstić information content (AvgIpc) is 2.48. The van der Waals surface area contributed by atoms with Gasteiger partial charge >= 0.3 is 6.36 Å². The molecule has 1 aliphatic rings. The van der Waals surface area contributed by atoms with Gasteiger partial charge < -0.3 is 10.1 Å². The molecule has 0 aliphatic heterocycles. The van der Waals surface area contributed by atoms with Crippen LogP contribution in [0.2, 0.25) is 0 Å². The molecule has 3 nitrogen and oxygen atoms in total. The lowest BCUT2D eigenvalue weighted by atomic mass is 9.99. The molecule has 6 heteroatoms. The summed E-state index contributed by atoms with van der Waals surface area (Å²) < 4.78 is 40.4. The zero-order valence-electron chi connectivity index (χ0n) is 13.7. The first-order valence-corrected chi connectivity index (χ1v) is 7.53. The smallest absolute Gasteiger partial charge is 0.406 e. The average molecular weight is 336 g/mol. The van der Waals surface area contributed by atoms with Crippen molar-refractivity contribution in [3.63, 3.8) is 0 Å². The fourth-order valence-electron chi connectivity index (χ4n) is 2.28. The van der Waals surface area contributed by atoms with Crippen LogP contribution in [0.5, 0.6) is 5.75 Å². The van der Waals surface area contributed by atoms with E-state index in [1.165, 1.54) is 24.3 Å². The van der Waals surface area contributed by atoms with E-state index in [-0.39, 0.29) is 5.75 Å². The van der Waals surface area contributed by atoms with Gasteiger partial charge in [-0.1, -0.05) is 12.2 Å². The van der Waals surface area contributed by atoms with Crippen molar-refractivity contribution in [2.24, 2.45) is 4.99 Å². The summed E-state index contributed by atoms with van der Waals surface area (Å²) in [5, 5.41) is 3.19. The number of benzene rings is 1. The zero-order chi connectivity index (χ0) is 17.7. The number of aliphatic imine (C=N–C) groups is 1. The molecule has 0 saturated heterocycles. The Morgan fingerprint density at radius 1 is 1.17 bits per heavy atom. The quantitative estimate of drug-likeness (QED) is 0.815. The first-order valence-electron chi connectivity index (χ1n) is 7.53. The Bertz CT molecular complexity index is 711. The Morgan fingerprint density at radius 3 is 2.42 bits per heavy atom. The second kappa shape index (κ2) is 7.38. The minimum Gasteiger partial charge on any atom is -0.406 e. The van der Waals surface area contributed by atoms with Gasteiger partial charge in [0.05, 0.1) is 5.71 Å². The molecule has 0 aromatic heterocycles. The summed E-state index contributed by atoms with van der Waals surface area (Å²) in [7, 11) is 0. The standard InChI is InChI=1S/C18H19F3N2O/c1-4-22-17-11-12(2)5-10-16(17)13(3)23-14-6-8-15(9-7-14)24-18(19,20)21/h5-11,23H,4H2,1-3H3/b16-13+,22-17-. The van der Waals surface area contributed by atoms with Crippen LogP contribution in [0.3, 0.4) is 0 Å². The maximum Gasteiger partial charge on any atom is 0.573 e. The molecule has 1 N–H and O–H groups in total. The molecule has 2 rings (SSSR count). The van der Waals surface area contributed by atoms with E-state index in [2.05, 4.69) is 15.0 Å². The van der Waals surface area contributed by atoms with Crippen LogP contribution in [0, 0.1) is 0 Å². The molecule has 0 spiro atoms. The zero-order valence-corrected chi connectivity index (χ0v) is 13.7. The topological polar surface area (TPSA) is 33.6 Å². The summed E-state index contributed by atoms with van der Waals surface area (Å²) in [5.41, 5.74) is 4.50. The predicted octanol–water partition coefficient (Wildman–Crippen LogP) is 5.25. The lowest BCUT2D eigenvalue weighted by Crippen LogP contribution is -2.17. The molecule has 0 saturated carbocycles. The molecule has 128 valence electrons. The van der Waals surface area contributed by atoms with Crippen molar-refractivity contribution < 1.29 is 17.9 Å². The van der Waals surface area contributed by atoms with Gasteiger partial charge in [-0.05, 0) is 56.7 Å². The monoisotopic (exact) mass is 336 g/mol. The van der Waals surface area contributed by atoms with E-state index >= 15 is 0 Å². The molecular formula is C18H19F3N2O. The van der Waals surface area contributed by atoms with Crippen molar-refractivity contribution in [1.29, 1.82) is 0 Å². The highest BCUT2D eigenvalue weighted by molar-refractivity contribution is 6.12. The summed E-state index contributed by atoms with van der Waals surface area (Å²) in [5.74, 6) is -0.247. The summed E-state index contributed by atoms with van der Waals surface area (Å²) in [4.78, 5) is 4.48. The molecule has 1 aliphatic carbocycles. The van der Waals surface area contributed by atoms with E-state index in [1.807, 2.05) is 39.0 Å². The Kier molecular flexibility index (Phi) is 5.49. The van der Waals surface area contributed by atoms with E-state index in [9.17, 15) is 13.2 Å². The van der Waals surface area contributed by atoms with Gasteiger partial charge in [-0.25, -0.2) is 0 Å². The first-order chi connectivity index (χ1) is 11.3. The van der Waals surface area contributed by atoms with Crippen molar-refractivity contribution in [2.45, 2.75) is 27.1 Å².